The molecule has 0 bridgehead atoms. The number of halogens is 1. The van der Waals surface area contributed by atoms with Crippen molar-refractivity contribution in [3.8, 4) is 0 Å². The lowest BCUT2D eigenvalue weighted by molar-refractivity contribution is 0.104. The standard InChI is InChI=1S/C19H19ClN2O/c20-18-7-2-1-4-15(18)8-9-19(23)16-5-3-6-17(14-16)22-12-10-21-11-13-22/h1-9,14,21H,10-13H2/b9-8+. The highest BCUT2D eigenvalue weighted by Gasteiger charge is 2.11. The van der Waals surface area contributed by atoms with Gasteiger partial charge in [0, 0.05) is 42.5 Å². The Labute approximate surface area is 141 Å². The van der Waals surface area contributed by atoms with Crippen molar-refractivity contribution >= 4 is 29.1 Å². The molecule has 3 nitrogen and oxygen atoms in total. The van der Waals surface area contributed by atoms with E-state index in [0.717, 1.165) is 37.4 Å². The van der Waals surface area contributed by atoms with E-state index in [1.54, 1.807) is 12.2 Å². The van der Waals surface area contributed by atoms with Crippen molar-refractivity contribution in [2.75, 3.05) is 31.1 Å². The lowest BCUT2D eigenvalue weighted by atomic mass is 10.1. The smallest absolute Gasteiger partial charge is 0.185 e. The van der Waals surface area contributed by atoms with Crippen LogP contribution in [0.15, 0.2) is 54.6 Å². The van der Waals surface area contributed by atoms with E-state index in [9.17, 15) is 4.79 Å². The molecule has 0 aromatic heterocycles. The molecule has 0 unspecified atom stereocenters. The first-order valence-electron chi connectivity index (χ1n) is 7.77. The summed E-state index contributed by atoms with van der Waals surface area (Å²) in [6.45, 7) is 3.88. The minimum absolute atomic E-state index is 0.0121. The summed E-state index contributed by atoms with van der Waals surface area (Å²) in [5.74, 6) is -0.0121. The highest BCUT2D eigenvalue weighted by molar-refractivity contribution is 6.32. The van der Waals surface area contributed by atoms with Gasteiger partial charge in [-0.25, -0.2) is 0 Å². The number of carbonyl (C=O) groups is 1. The second kappa shape index (κ2) is 7.44. The Morgan fingerprint density at radius 3 is 2.65 bits per heavy atom. The molecule has 1 fully saturated rings. The van der Waals surface area contributed by atoms with Crippen LogP contribution in [-0.2, 0) is 0 Å². The van der Waals surface area contributed by atoms with Crippen LogP contribution in [0.2, 0.25) is 5.02 Å². The molecule has 1 aliphatic rings. The van der Waals surface area contributed by atoms with Crippen LogP contribution in [0, 0.1) is 0 Å². The molecule has 2 aromatic rings. The molecule has 4 heteroatoms. The Hall–Kier alpha value is -2.10. The number of piperazine rings is 1. The summed E-state index contributed by atoms with van der Waals surface area (Å²) in [6, 6.07) is 15.3. The van der Waals surface area contributed by atoms with Gasteiger partial charge in [-0.05, 0) is 35.9 Å². The van der Waals surface area contributed by atoms with Gasteiger partial charge in [0.25, 0.3) is 0 Å². The fourth-order valence-corrected chi connectivity index (χ4v) is 2.85. The quantitative estimate of drug-likeness (QED) is 0.687. The maximum Gasteiger partial charge on any atom is 0.185 e. The van der Waals surface area contributed by atoms with Crippen molar-refractivity contribution in [3.05, 3.63) is 70.8 Å². The third-order valence-corrected chi connectivity index (χ3v) is 4.28. The van der Waals surface area contributed by atoms with Crippen LogP contribution in [0.1, 0.15) is 15.9 Å². The van der Waals surface area contributed by atoms with Gasteiger partial charge in [0.2, 0.25) is 0 Å². The van der Waals surface area contributed by atoms with Crippen molar-refractivity contribution < 1.29 is 4.79 Å². The van der Waals surface area contributed by atoms with Crippen molar-refractivity contribution in [1.29, 1.82) is 0 Å². The molecule has 118 valence electrons. The minimum Gasteiger partial charge on any atom is -0.369 e. The van der Waals surface area contributed by atoms with Crippen LogP contribution >= 0.6 is 11.6 Å². The zero-order chi connectivity index (χ0) is 16.1. The molecule has 1 aliphatic heterocycles. The summed E-state index contributed by atoms with van der Waals surface area (Å²) >= 11 is 6.11. The van der Waals surface area contributed by atoms with Crippen molar-refractivity contribution in [2.24, 2.45) is 0 Å². The van der Waals surface area contributed by atoms with Crippen molar-refractivity contribution in [2.45, 2.75) is 0 Å². The number of hydrogen-bond acceptors (Lipinski definition) is 3. The first kappa shape index (κ1) is 15.8. The molecular formula is C19H19ClN2O. The lowest BCUT2D eigenvalue weighted by Crippen LogP contribution is -2.43. The third-order valence-electron chi connectivity index (χ3n) is 3.93. The number of benzene rings is 2. The van der Waals surface area contributed by atoms with Crippen LogP contribution in [0.25, 0.3) is 6.08 Å². The highest BCUT2D eigenvalue weighted by Crippen LogP contribution is 2.19. The van der Waals surface area contributed by atoms with E-state index in [1.165, 1.54) is 0 Å². The van der Waals surface area contributed by atoms with Gasteiger partial charge in [-0.3, -0.25) is 4.79 Å². The largest absolute Gasteiger partial charge is 0.369 e. The van der Waals surface area contributed by atoms with Gasteiger partial charge in [-0.15, -0.1) is 0 Å². The first-order valence-corrected chi connectivity index (χ1v) is 8.14. The number of rotatable bonds is 4. The Morgan fingerprint density at radius 1 is 1.09 bits per heavy atom. The summed E-state index contributed by atoms with van der Waals surface area (Å²) in [6.07, 6.45) is 3.35. The Balaban J connectivity index is 1.76. The van der Waals surface area contributed by atoms with Crippen LogP contribution in [0.3, 0.4) is 0 Å². The van der Waals surface area contributed by atoms with Crippen LogP contribution in [0.4, 0.5) is 5.69 Å². The van der Waals surface area contributed by atoms with Gasteiger partial charge < -0.3 is 10.2 Å². The summed E-state index contributed by atoms with van der Waals surface area (Å²) in [4.78, 5) is 14.7. The molecule has 3 rings (SSSR count). The molecule has 0 spiro atoms. The zero-order valence-corrected chi connectivity index (χ0v) is 13.6. The lowest BCUT2D eigenvalue weighted by Gasteiger charge is -2.29. The van der Waals surface area contributed by atoms with Gasteiger partial charge in [0.1, 0.15) is 0 Å². The normalized spacial score (nSPS) is 15.1. The molecule has 1 N–H and O–H groups in total. The van der Waals surface area contributed by atoms with Crippen molar-refractivity contribution in [3.63, 3.8) is 0 Å². The van der Waals surface area contributed by atoms with Crippen LogP contribution in [-0.4, -0.2) is 32.0 Å². The molecule has 1 saturated heterocycles. The van der Waals surface area contributed by atoms with E-state index >= 15 is 0 Å². The first-order chi connectivity index (χ1) is 11.2. The van der Waals surface area contributed by atoms with Gasteiger partial charge in [0.05, 0.1) is 0 Å². The zero-order valence-electron chi connectivity index (χ0n) is 12.8. The Kier molecular flexibility index (Phi) is 5.11. The summed E-state index contributed by atoms with van der Waals surface area (Å²) in [5, 5.41) is 3.98. The van der Waals surface area contributed by atoms with Crippen LogP contribution in [0.5, 0.6) is 0 Å². The predicted molar refractivity (Wildman–Crippen MR) is 96.3 cm³/mol. The monoisotopic (exact) mass is 326 g/mol. The number of nitrogens with one attached hydrogen (secondary N) is 1. The fraction of sp³-hybridized carbons (Fsp3) is 0.211. The van der Waals surface area contributed by atoms with Gasteiger partial charge in [-0.2, -0.15) is 0 Å². The maximum atomic E-state index is 12.4. The number of ketones is 1. The molecule has 0 radical (unpaired) electrons. The average molecular weight is 327 g/mol. The Bertz CT molecular complexity index is 721. The second-order valence-corrected chi connectivity index (χ2v) is 5.91. The number of nitrogens with zero attached hydrogens (tertiary/aromatic N) is 1. The topological polar surface area (TPSA) is 32.3 Å². The van der Waals surface area contributed by atoms with Gasteiger partial charge >= 0.3 is 0 Å². The number of anilines is 1. The molecule has 23 heavy (non-hydrogen) atoms. The number of carbonyl (C=O) groups excluding carboxylic acids is 1. The van der Waals surface area contributed by atoms with Gasteiger partial charge in [-0.1, -0.05) is 41.9 Å². The predicted octanol–water partition coefficient (Wildman–Crippen LogP) is 3.65. The summed E-state index contributed by atoms with van der Waals surface area (Å²) in [7, 11) is 0. The van der Waals surface area contributed by atoms with E-state index in [1.807, 2.05) is 42.5 Å². The highest BCUT2D eigenvalue weighted by atomic mass is 35.5. The van der Waals surface area contributed by atoms with E-state index in [2.05, 4.69) is 16.3 Å². The van der Waals surface area contributed by atoms with E-state index in [-0.39, 0.29) is 5.78 Å². The molecule has 0 atom stereocenters. The number of hydrogen-bond donors (Lipinski definition) is 1. The summed E-state index contributed by atoms with van der Waals surface area (Å²) < 4.78 is 0. The molecule has 2 aromatic carbocycles. The third kappa shape index (κ3) is 4.01. The van der Waals surface area contributed by atoms with Crippen molar-refractivity contribution in [1.82, 2.24) is 5.32 Å². The molecule has 0 aliphatic carbocycles. The Morgan fingerprint density at radius 2 is 1.87 bits per heavy atom. The van der Waals surface area contributed by atoms with E-state index in [4.69, 9.17) is 11.6 Å². The second-order valence-electron chi connectivity index (χ2n) is 5.51. The average Bonchev–Trinajstić information content (AvgIpc) is 2.62. The summed E-state index contributed by atoms with van der Waals surface area (Å²) in [5.41, 5.74) is 2.65. The minimum atomic E-state index is -0.0121. The van der Waals surface area contributed by atoms with E-state index < -0.39 is 0 Å². The molecule has 1 heterocycles. The number of allylic oxidation sites excluding steroid dienone is 1. The molecular weight excluding hydrogens is 308 g/mol. The molecule has 0 amide bonds. The SMILES string of the molecule is O=C(/C=C/c1ccccc1Cl)c1cccc(N2CCNCC2)c1. The maximum absolute atomic E-state index is 12.4. The molecule has 0 saturated carbocycles. The fourth-order valence-electron chi connectivity index (χ4n) is 2.65. The van der Waals surface area contributed by atoms with Gasteiger partial charge in [0.15, 0.2) is 5.78 Å². The van der Waals surface area contributed by atoms with Crippen LogP contribution < -0.4 is 10.2 Å². The van der Waals surface area contributed by atoms with E-state index in [0.29, 0.717) is 10.6 Å².